The molecule has 5 heteroatoms. The van der Waals surface area contributed by atoms with E-state index in [-0.39, 0.29) is 6.79 Å². The third kappa shape index (κ3) is 3.25. The zero-order chi connectivity index (χ0) is 16.2. The topological polar surface area (TPSA) is 51.5 Å². The van der Waals surface area contributed by atoms with Gasteiger partial charge in [0.1, 0.15) is 5.75 Å². The third-order valence-corrected chi connectivity index (χ3v) is 3.61. The molecule has 0 fully saturated rings. The Bertz CT molecular complexity index is 808. The van der Waals surface area contributed by atoms with Crippen LogP contribution in [0.3, 0.4) is 0 Å². The van der Waals surface area contributed by atoms with Crippen molar-refractivity contribution in [3.8, 4) is 23.3 Å². The van der Waals surface area contributed by atoms with Gasteiger partial charge in [-0.05, 0) is 55.0 Å². The van der Waals surface area contributed by atoms with Crippen LogP contribution in [0.4, 0.5) is 0 Å². The molecule has 3 rings (SSSR count). The molecule has 116 valence electrons. The van der Waals surface area contributed by atoms with Gasteiger partial charge in [-0.3, -0.25) is 0 Å². The fourth-order valence-electron chi connectivity index (χ4n) is 2.32. The summed E-state index contributed by atoms with van der Waals surface area (Å²) in [6.07, 6.45) is 1.76. The summed E-state index contributed by atoms with van der Waals surface area (Å²) < 4.78 is 16.2. The number of hydrogen-bond acceptors (Lipinski definition) is 4. The highest BCUT2D eigenvalue weighted by atomic mass is 35.5. The predicted molar refractivity (Wildman–Crippen MR) is 88.7 cm³/mol. The van der Waals surface area contributed by atoms with Crippen molar-refractivity contribution in [3.05, 3.63) is 52.5 Å². The van der Waals surface area contributed by atoms with Gasteiger partial charge in [0.25, 0.3) is 0 Å². The Morgan fingerprint density at radius 2 is 2.09 bits per heavy atom. The lowest BCUT2D eigenvalue weighted by Gasteiger charge is -2.08. The van der Waals surface area contributed by atoms with E-state index in [1.165, 1.54) is 0 Å². The fraction of sp³-hybridized carbons (Fsp3) is 0.167. The second-order valence-electron chi connectivity index (χ2n) is 4.85. The minimum atomic E-state index is 0.202. The first-order valence-corrected chi connectivity index (χ1v) is 7.53. The van der Waals surface area contributed by atoms with Gasteiger partial charge in [-0.1, -0.05) is 11.6 Å². The van der Waals surface area contributed by atoms with Gasteiger partial charge < -0.3 is 14.2 Å². The molecule has 1 aliphatic heterocycles. The van der Waals surface area contributed by atoms with Gasteiger partial charge in [0.2, 0.25) is 6.79 Å². The number of benzene rings is 2. The highest BCUT2D eigenvalue weighted by molar-refractivity contribution is 6.30. The largest absolute Gasteiger partial charge is 0.493 e. The molecule has 0 spiro atoms. The van der Waals surface area contributed by atoms with Crippen LogP contribution >= 0.6 is 11.6 Å². The van der Waals surface area contributed by atoms with E-state index >= 15 is 0 Å². The van der Waals surface area contributed by atoms with Gasteiger partial charge in [0, 0.05) is 10.6 Å². The van der Waals surface area contributed by atoms with E-state index in [1.807, 2.05) is 13.0 Å². The Morgan fingerprint density at radius 3 is 2.87 bits per heavy atom. The Morgan fingerprint density at radius 1 is 1.26 bits per heavy atom. The lowest BCUT2D eigenvalue weighted by Crippen LogP contribution is -1.94. The maximum Gasteiger partial charge on any atom is 0.231 e. The normalized spacial score (nSPS) is 12.8. The molecule has 0 atom stereocenters. The van der Waals surface area contributed by atoms with E-state index in [2.05, 4.69) is 6.07 Å². The first-order chi connectivity index (χ1) is 11.2. The molecule has 0 unspecified atom stereocenters. The second-order valence-corrected chi connectivity index (χ2v) is 5.29. The van der Waals surface area contributed by atoms with Crippen molar-refractivity contribution in [2.75, 3.05) is 13.4 Å². The first kappa shape index (κ1) is 15.3. The summed E-state index contributed by atoms with van der Waals surface area (Å²) in [5, 5.41) is 10.1. The first-order valence-electron chi connectivity index (χ1n) is 7.15. The number of allylic oxidation sites excluding steroid dienone is 1. The molecule has 1 aliphatic rings. The Balaban J connectivity index is 2.03. The molecule has 4 nitrogen and oxygen atoms in total. The van der Waals surface area contributed by atoms with Crippen LogP contribution in [0.2, 0.25) is 5.02 Å². The zero-order valence-corrected chi connectivity index (χ0v) is 13.3. The molecule has 2 aromatic carbocycles. The Kier molecular flexibility index (Phi) is 4.40. The summed E-state index contributed by atoms with van der Waals surface area (Å²) in [5.74, 6) is 2.01. The summed E-state index contributed by atoms with van der Waals surface area (Å²) in [7, 11) is 0. The molecular formula is C18H14ClNO3. The van der Waals surface area contributed by atoms with Crippen molar-refractivity contribution >= 4 is 23.3 Å². The summed E-state index contributed by atoms with van der Waals surface area (Å²) in [4.78, 5) is 0. The van der Waals surface area contributed by atoms with E-state index < -0.39 is 0 Å². The molecule has 0 bridgehead atoms. The summed E-state index contributed by atoms with van der Waals surface area (Å²) in [5.41, 5.74) is 2.00. The van der Waals surface area contributed by atoms with Crippen molar-refractivity contribution in [2.45, 2.75) is 6.92 Å². The van der Waals surface area contributed by atoms with Crippen molar-refractivity contribution in [2.24, 2.45) is 0 Å². The summed E-state index contributed by atoms with van der Waals surface area (Å²) in [6.45, 7) is 2.65. The fourth-order valence-corrected chi connectivity index (χ4v) is 2.50. The monoisotopic (exact) mass is 327 g/mol. The standard InChI is InChI=1S/C18H14ClNO3/c1-2-21-16-6-4-15(19)8-13(16)7-14(10-20)12-3-5-17-18(9-12)23-11-22-17/h3-9H,2,11H2,1H3. The summed E-state index contributed by atoms with van der Waals surface area (Å²) in [6, 6.07) is 13.0. The van der Waals surface area contributed by atoms with Crippen LogP contribution in [0.15, 0.2) is 36.4 Å². The summed E-state index contributed by atoms with van der Waals surface area (Å²) >= 11 is 6.06. The van der Waals surface area contributed by atoms with Gasteiger partial charge in [0.15, 0.2) is 11.5 Å². The van der Waals surface area contributed by atoms with Crippen molar-refractivity contribution < 1.29 is 14.2 Å². The van der Waals surface area contributed by atoms with Crippen molar-refractivity contribution in [1.29, 1.82) is 5.26 Å². The highest BCUT2D eigenvalue weighted by Crippen LogP contribution is 2.35. The maximum atomic E-state index is 9.52. The van der Waals surface area contributed by atoms with Crippen LogP contribution in [0.25, 0.3) is 11.6 Å². The second kappa shape index (κ2) is 6.64. The lowest BCUT2D eigenvalue weighted by molar-refractivity contribution is 0.174. The van der Waals surface area contributed by atoms with Gasteiger partial charge >= 0.3 is 0 Å². The van der Waals surface area contributed by atoms with E-state index in [0.29, 0.717) is 34.5 Å². The number of ether oxygens (including phenoxy) is 3. The number of hydrogen-bond donors (Lipinski definition) is 0. The number of nitrogens with zero attached hydrogens (tertiary/aromatic N) is 1. The predicted octanol–water partition coefficient (Wildman–Crippen LogP) is 4.53. The quantitative estimate of drug-likeness (QED) is 0.611. The van der Waals surface area contributed by atoms with Gasteiger partial charge in [-0.25, -0.2) is 0 Å². The number of halogens is 1. The number of fused-ring (bicyclic) bond motifs is 1. The third-order valence-electron chi connectivity index (χ3n) is 3.38. The van der Waals surface area contributed by atoms with Crippen LogP contribution in [0.1, 0.15) is 18.1 Å². The zero-order valence-electron chi connectivity index (χ0n) is 12.5. The van der Waals surface area contributed by atoms with Crippen LogP contribution < -0.4 is 14.2 Å². The van der Waals surface area contributed by atoms with Crippen molar-refractivity contribution in [1.82, 2.24) is 0 Å². The molecule has 0 amide bonds. The minimum Gasteiger partial charge on any atom is -0.493 e. The lowest BCUT2D eigenvalue weighted by atomic mass is 10.0. The highest BCUT2D eigenvalue weighted by Gasteiger charge is 2.15. The molecule has 0 aromatic heterocycles. The smallest absolute Gasteiger partial charge is 0.231 e. The van der Waals surface area contributed by atoms with E-state index in [1.54, 1.807) is 36.4 Å². The Labute approximate surface area is 139 Å². The SMILES string of the molecule is CCOc1ccc(Cl)cc1C=C(C#N)c1ccc2c(c1)OCO2. The van der Waals surface area contributed by atoms with Crippen LogP contribution in [-0.2, 0) is 0 Å². The molecule has 0 saturated heterocycles. The van der Waals surface area contributed by atoms with E-state index in [9.17, 15) is 5.26 Å². The number of nitriles is 1. The molecule has 0 saturated carbocycles. The molecule has 2 aromatic rings. The number of rotatable bonds is 4. The molecule has 0 aliphatic carbocycles. The molecule has 0 radical (unpaired) electrons. The van der Waals surface area contributed by atoms with Crippen LogP contribution in [0, 0.1) is 11.3 Å². The average Bonchev–Trinajstić information content (AvgIpc) is 3.02. The van der Waals surface area contributed by atoms with Gasteiger partial charge in [-0.2, -0.15) is 5.26 Å². The van der Waals surface area contributed by atoms with Crippen LogP contribution in [0.5, 0.6) is 17.2 Å². The van der Waals surface area contributed by atoms with Crippen molar-refractivity contribution in [3.63, 3.8) is 0 Å². The minimum absolute atomic E-state index is 0.202. The molecule has 23 heavy (non-hydrogen) atoms. The van der Waals surface area contributed by atoms with Gasteiger partial charge in [-0.15, -0.1) is 0 Å². The molecule has 0 N–H and O–H groups in total. The van der Waals surface area contributed by atoms with E-state index in [4.69, 9.17) is 25.8 Å². The van der Waals surface area contributed by atoms with E-state index in [0.717, 1.165) is 11.1 Å². The van der Waals surface area contributed by atoms with Crippen LogP contribution in [-0.4, -0.2) is 13.4 Å². The molecular weight excluding hydrogens is 314 g/mol. The Hall–Kier alpha value is -2.64. The average molecular weight is 328 g/mol. The van der Waals surface area contributed by atoms with Gasteiger partial charge in [0.05, 0.1) is 18.2 Å². The molecule has 1 heterocycles. The maximum absolute atomic E-state index is 9.52.